The van der Waals surface area contributed by atoms with E-state index >= 15 is 0 Å². The van der Waals surface area contributed by atoms with E-state index in [2.05, 4.69) is 32.7 Å². The minimum atomic E-state index is -0.443. The molecule has 8 rings (SSSR count). The van der Waals surface area contributed by atoms with Gasteiger partial charge in [0.2, 0.25) is 0 Å². The van der Waals surface area contributed by atoms with Gasteiger partial charge in [-0.05, 0) is 49.9 Å². The lowest BCUT2D eigenvalue weighted by Gasteiger charge is -2.18. The van der Waals surface area contributed by atoms with E-state index in [0.29, 0.717) is 54.6 Å². The highest BCUT2D eigenvalue weighted by Gasteiger charge is 2.43. The molecule has 0 spiro atoms. The van der Waals surface area contributed by atoms with Crippen molar-refractivity contribution in [1.29, 1.82) is 10.5 Å². The third-order valence-electron chi connectivity index (χ3n) is 12.2. The first kappa shape index (κ1) is 49.8. The summed E-state index contributed by atoms with van der Waals surface area (Å²) < 4.78 is 24.7. The number of amides is 2. The van der Waals surface area contributed by atoms with Crippen LogP contribution < -0.4 is 29.6 Å². The average Bonchev–Trinajstić information content (AvgIpc) is 4.33. The monoisotopic (exact) mass is 1020 g/mol. The molecule has 0 atom stereocenters. The standard InChI is InChI=1S/C52H44Cl4N6O8/c53-41-13-39(49(65)61-27-51(29-63)7-8-51)43(67-23-33-11-31(17-57)19-59-21-33)15-45(41)69-25-35-3-1-5-37(47(35)55)38-6-2-4-36(48(38)56)26-70-46-16-44(68-24-34-12-32(18-58)20-60-22-34)40(14-42(46)54)50(66)62-28-52(30-64)9-10-52/h1-6,11-16,19-22,63-64H,7-10,23-30H2,(H,61,65)(H,62,66). The van der Waals surface area contributed by atoms with Crippen LogP contribution in [0.15, 0.2) is 97.6 Å². The number of nitrogens with one attached hydrogen (secondary N) is 2. The van der Waals surface area contributed by atoms with Gasteiger partial charge in [0.15, 0.2) is 0 Å². The van der Waals surface area contributed by atoms with Crippen molar-refractivity contribution in [2.24, 2.45) is 10.8 Å². The summed E-state index contributed by atoms with van der Waals surface area (Å²) in [6, 6.07) is 24.2. The van der Waals surface area contributed by atoms with Crippen LogP contribution in [0.2, 0.25) is 20.1 Å². The molecule has 0 aliphatic heterocycles. The Morgan fingerprint density at radius 1 is 0.571 bits per heavy atom. The lowest BCUT2D eigenvalue weighted by atomic mass is 10.0. The molecule has 2 saturated carbocycles. The normalized spacial score (nSPS) is 13.8. The van der Waals surface area contributed by atoms with Crippen LogP contribution in [-0.2, 0) is 26.4 Å². The van der Waals surface area contributed by atoms with Crippen LogP contribution in [0, 0.1) is 33.5 Å². The number of carbonyl (C=O) groups excluding carboxylic acids is 2. The number of ether oxygens (including phenoxy) is 4. The zero-order valence-electron chi connectivity index (χ0n) is 37.4. The van der Waals surface area contributed by atoms with Crippen molar-refractivity contribution in [1.82, 2.24) is 20.6 Å². The van der Waals surface area contributed by atoms with Crippen molar-refractivity contribution >= 4 is 58.2 Å². The molecule has 2 aromatic heterocycles. The topological polar surface area (TPSA) is 209 Å². The predicted octanol–water partition coefficient (Wildman–Crippen LogP) is 9.82. The maximum atomic E-state index is 13.5. The van der Waals surface area contributed by atoms with Crippen molar-refractivity contribution < 1.29 is 38.7 Å². The van der Waals surface area contributed by atoms with Crippen molar-refractivity contribution in [3.63, 3.8) is 0 Å². The molecule has 6 aromatic rings. The number of nitriles is 2. The Hall–Kier alpha value is -6.62. The smallest absolute Gasteiger partial charge is 0.255 e. The fraction of sp³-hybridized carbons (Fsp3) is 0.269. The molecule has 2 aliphatic rings. The lowest BCUT2D eigenvalue weighted by Crippen LogP contribution is -2.32. The molecule has 0 bridgehead atoms. The van der Waals surface area contributed by atoms with Gasteiger partial charge >= 0.3 is 0 Å². The zero-order chi connectivity index (χ0) is 49.4. The molecule has 14 nitrogen and oxygen atoms in total. The summed E-state index contributed by atoms with van der Waals surface area (Å²) in [5.41, 5.74) is 3.96. The van der Waals surface area contributed by atoms with Gasteiger partial charge in [-0.25, -0.2) is 0 Å². The minimum Gasteiger partial charge on any atom is -0.488 e. The Kier molecular flexibility index (Phi) is 15.6. The van der Waals surface area contributed by atoms with E-state index in [1.54, 1.807) is 36.7 Å². The molecule has 0 radical (unpaired) electrons. The molecule has 2 fully saturated rings. The Labute approximate surface area is 423 Å². The Balaban J connectivity index is 0.991. The quantitative estimate of drug-likeness (QED) is 0.0531. The molecular weight excluding hydrogens is 978 g/mol. The number of halogens is 4. The molecule has 0 saturated heterocycles. The van der Waals surface area contributed by atoms with Crippen molar-refractivity contribution in [2.75, 3.05) is 26.3 Å². The van der Waals surface area contributed by atoms with Crippen LogP contribution in [0.25, 0.3) is 11.1 Å². The Morgan fingerprint density at radius 3 is 1.34 bits per heavy atom. The second-order valence-electron chi connectivity index (χ2n) is 17.3. The van der Waals surface area contributed by atoms with Gasteiger partial charge in [-0.1, -0.05) is 82.8 Å². The Morgan fingerprint density at radius 2 is 0.971 bits per heavy atom. The number of carbonyl (C=O) groups is 2. The average molecular weight is 1020 g/mol. The number of aliphatic hydroxyl groups excluding tert-OH is 2. The molecule has 2 aliphatic carbocycles. The fourth-order valence-corrected chi connectivity index (χ4v) is 8.43. The van der Waals surface area contributed by atoms with Crippen LogP contribution in [0.4, 0.5) is 0 Å². The summed E-state index contributed by atoms with van der Waals surface area (Å²) in [4.78, 5) is 35.2. The first-order chi connectivity index (χ1) is 33.9. The Bertz CT molecular complexity index is 2840. The van der Waals surface area contributed by atoms with Gasteiger partial charge in [0.1, 0.15) is 61.6 Å². The van der Waals surface area contributed by atoms with Gasteiger partial charge in [-0.15, -0.1) is 0 Å². The number of hydrogen-bond donors (Lipinski definition) is 4. The second kappa shape index (κ2) is 22.0. The number of hydrogen-bond acceptors (Lipinski definition) is 12. The second-order valence-corrected chi connectivity index (χ2v) is 18.9. The summed E-state index contributed by atoms with van der Waals surface area (Å²) in [5, 5.41) is 45.1. The van der Waals surface area contributed by atoms with Crippen LogP contribution in [0.1, 0.15) is 79.8 Å². The molecule has 70 heavy (non-hydrogen) atoms. The van der Waals surface area contributed by atoms with Gasteiger partial charge in [-0.2, -0.15) is 10.5 Å². The van der Waals surface area contributed by atoms with E-state index in [1.165, 1.54) is 36.7 Å². The number of pyridine rings is 2. The van der Waals surface area contributed by atoms with Crippen LogP contribution >= 0.6 is 46.4 Å². The molecule has 2 amide bonds. The summed E-state index contributed by atoms with van der Waals surface area (Å²) in [6.07, 6.45) is 9.22. The van der Waals surface area contributed by atoms with Crippen LogP contribution in [0.3, 0.4) is 0 Å². The van der Waals surface area contributed by atoms with Gasteiger partial charge in [0, 0.05) is 94.2 Å². The van der Waals surface area contributed by atoms with Gasteiger partial charge in [-0.3, -0.25) is 19.6 Å². The van der Waals surface area contributed by atoms with E-state index in [1.807, 2.05) is 24.3 Å². The number of benzene rings is 4. The molecule has 4 N–H and O–H groups in total. The van der Waals surface area contributed by atoms with E-state index in [9.17, 15) is 30.3 Å². The maximum Gasteiger partial charge on any atom is 0.255 e. The van der Waals surface area contributed by atoms with Crippen molar-refractivity contribution in [3.8, 4) is 46.3 Å². The molecular formula is C52H44Cl4N6O8. The summed E-state index contributed by atoms with van der Waals surface area (Å²) in [6.45, 7) is 0.401. The lowest BCUT2D eigenvalue weighted by molar-refractivity contribution is 0.0921. The fourth-order valence-electron chi connectivity index (χ4n) is 7.43. The summed E-state index contributed by atoms with van der Waals surface area (Å²) >= 11 is 27.6. The maximum absolute atomic E-state index is 13.5. The molecule has 18 heteroatoms. The van der Waals surface area contributed by atoms with Crippen molar-refractivity contribution in [3.05, 3.63) is 162 Å². The molecule has 4 aromatic carbocycles. The van der Waals surface area contributed by atoms with E-state index in [0.717, 1.165) is 25.7 Å². The number of aliphatic hydroxyl groups is 2. The number of rotatable bonds is 21. The summed E-state index contributed by atoms with van der Waals surface area (Å²) in [7, 11) is 0. The van der Waals surface area contributed by atoms with E-state index in [-0.39, 0.29) is 108 Å². The van der Waals surface area contributed by atoms with Gasteiger partial charge in [0.25, 0.3) is 11.8 Å². The predicted molar refractivity (Wildman–Crippen MR) is 262 cm³/mol. The highest BCUT2D eigenvalue weighted by molar-refractivity contribution is 6.37. The zero-order valence-corrected chi connectivity index (χ0v) is 40.4. The molecule has 0 unspecified atom stereocenters. The van der Waals surface area contributed by atoms with Gasteiger partial charge < -0.3 is 39.8 Å². The highest BCUT2D eigenvalue weighted by Crippen LogP contribution is 2.46. The number of nitrogens with zero attached hydrogens (tertiary/aromatic N) is 4. The highest BCUT2D eigenvalue weighted by atomic mass is 35.5. The summed E-state index contributed by atoms with van der Waals surface area (Å²) in [5.74, 6) is -0.117. The van der Waals surface area contributed by atoms with Crippen molar-refractivity contribution in [2.45, 2.75) is 52.1 Å². The largest absolute Gasteiger partial charge is 0.488 e. The van der Waals surface area contributed by atoms with E-state index in [4.69, 9.17) is 65.4 Å². The third kappa shape index (κ3) is 11.9. The first-order valence-corrected chi connectivity index (χ1v) is 23.6. The molecule has 2 heterocycles. The first-order valence-electron chi connectivity index (χ1n) is 22.1. The molecule has 358 valence electrons. The SMILES string of the molecule is N#Cc1cncc(COc2cc(OCc3cccc(-c4cccc(COc5cc(OCc6cncc(C#N)c6)c(C(=O)NCC6(CO)CC6)cc5Cl)c4Cl)c3Cl)c(Cl)cc2C(=O)NCC2(CO)CC2)c1. The number of aromatic nitrogens is 2. The van der Waals surface area contributed by atoms with Crippen LogP contribution in [0.5, 0.6) is 23.0 Å². The van der Waals surface area contributed by atoms with Crippen LogP contribution in [-0.4, -0.2) is 58.3 Å². The van der Waals surface area contributed by atoms with Gasteiger partial charge in [0.05, 0.1) is 55.6 Å². The van der Waals surface area contributed by atoms with E-state index < -0.39 is 11.8 Å². The minimum absolute atomic E-state index is 0.0115. The third-order valence-corrected chi connectivity index (χ3v) is 13.7.